The molecule has 1 aliphatic rings. The van der Waals surface area contributed by atoms with Crippen molar-refractivity contribution in [2.45, 2.75) is 6.42 Å². The molecular formula is C12H16N2O3. The predicted molar refractivity (Wildman–Crippen MR) is 64.4 cm³/mol. The molecule has 5 heteroatoms. The molecule has 0 aliphatic carbocycles. The van der Waals surface area contributed by atoms with Gasteiger partial charge in [0.25, 0.3) is 0 Å². The number of methoxy groups -OCH3 is 2. The van der Waals surface area contributed by atoms with Gasteiger partial charge < -0.3 is 20.5 Å². The number of benzene rings is 1. The summed E-state index contributed by atoms with van der Waals surface area (Å²) < 4.78 is 10.5. The lowest BCUT2D eigenvalue weighted by atomic mass is 9.92. The average Bonchev–Trinajstić information content (AvgIpc) is 2.36. The van der Waals surface area contributed by atoms with Gasteiger partial charge >= 0.3 is 0 Å². The standard InChI is InChI=1S/C12H16N2O3/c1-16-9-3-4-10(17-2)11-8(9)5-7(6-13)12(15)14-11/h3-4,7H,5-6,13H2,1-2H3,(H,14,15). The Morgan fingerprint density at radius 3 is 2.59 bits per heavy atom. The van der Waals surface area contributed by atoms with E-state index in [0.717, 1.165) is 11.3 Å². The summed E-state index contributed by atoms with van der Waals surface area (Å²) in [5, 5.41) is 2.83. The zero-order valence-electron chi connectivity index (χ0n) is 9.95. The van der Waals surface area contributed by atoms with E-state index in [1.54, 1.807) is 20.3 Å². The Morgan fingerprint density at radius 2 is 2.00 bits per heavy atom. The Labute approximate surface area is 99.9 Å². The highest BCUT2D eigenvalue weighted by Gasteiger charge is 2.29. The lowest BCUT2D eigenvalue weighted by Gasteiger charge is -2.26. The molecule has 1 aliphatic heterocycles. The predicted octanol–water partition coefficient (Wildman–Crippen LogP) is 0.773. The topological polar surface area (TPSA) is 73.6 Å². The second-order valence-corrected chi connectivity index (χ2v) is 3.95. The molecule has 0 radical (unpaired) electrons. The van der Waals surface area contributed by atoms with Crippen LogP contribution in [0.5, 0.6) is 11.5 Å². The van der Waals surface area contributed by atoms with Gasteiger partial charge in [0, 0.05) is 12.1 Å². The van der Waals surface area contributed by atoms with Crippen LogP contribution in [-0.2, 0) is 11.2 Å². The maximum atomic E-state index is 11.8. The van der Waals surface area contributed by atoms with E-state index in [0.29, 0.717) is 24.4 Å². The van der Waals surface area contributed by atoms with Gasteiger partial charge in [0.15, 0.2) is 0 Å². The number of anilines is 1. The smallest absolute Gasteiger partial charge is 0.229 e. The van der Waals surface area contributed by atoms with Crippen LogP contribution in [0, 0.1) is 5.92 Å². The molecule has 1 heterocycles. The van der Waals surface area contributed by atoms with E-state index >= 15 is 0 Å². The van der Waals surface area contributed by atoms with Crippen LogP contribution >= 0.6 is 0 Å². The molecule has 1 aromatic rings. The van der Waals surface area contributed by atoms with Crippen LogP contribution in [0.4, 0.5) is 5.69 Å². The van der Waals surface area contributed by atoms with E-state index < -0.39 is 0 Å². The van der Waals surface area contributed by atoms with E-state index in [4.69, 9.17) is 15.2 Å². The summed E-state index contributed by atoms with van der Waals surface area (Å²) in [5.41, 5.74) is 7.22. The van der Waals surface area contributed by atoms with Gasteiger partial charge in [0.2, 0.25) is 5.91 Å². The minimum absolute atomic E-state index is 0.0634. The first-order chi connectivity index (χ1) is 8.21. The Kier molecular flexibility index (Phi) is 3.19. The number of nitrogens with one attached hydrogen (secondary N) is 1. The normalized spacial score (nSPS) is 18.3. The summed E-state index contributed by atoms with van der Waals surface area (Å²) >= 11 is 0. The fourth-order valence-electron chi connectivity index (χ4n) is 2.06. The Bertz CT molecular complexity index is 446. The molecular weight excluding hydrogens is 220 g/mol. The van der Waals surface area contributed by atoms with Gasteiger partial charge in [0.05, 0.1) is 25.8 Å². The molecule has 0 fully saturated rings. The number of rotatable bonds is 3. The third-order valence-electron chi connectivity index (χ3n) is 3.03. The molecule has 1 aromatic carbocycles. The van der Waals surface area contributed by atoms with Crippen molar-refractivity contribution in [3.05, 3.63) is 17.7 Å². The summed E-state index contributed by atoms with van der Waals surface area (Å²) in [7, 11) is 3.18. The van der Waals surface area contributed by atoms with Crippen LogP contribution in [-0.4, -0.2) is 26.7 Å². The summed E-state index contributed by atoms with van der Waals surface area (Å²) in [4.78, 5) is 11.8. The van der Waals surface area contributed by atoms with Gasteiger partial charge in [-0.15, -0.1) is 0 Å². The van der Waals surface area contributed by atoms with Crippen molar-refractivity contribution in [1.29, 1.82) is 0 Å². The first-order valence-corrected chi connectivity index (χ1v) is 5.46. The van der Waals surface area contributed by atoms with Gasteiger partial charge in [-0.25, -0.2) is 0 Å². The Hall–Kier alpha value is -1.75. The summed E-state index contributed by atoms with van der Waals surface area (Å²) in [5.74, 6) is 1.12. The minimum Gasteiger partial charge on any atom is -0.496 e. The molecule has 1 amide bonds. The molecule has 3 N–H and O–H groups in total. The van der Waals surface area contributed by atoms with Crippen molar-refractivity contribution in [1.82, 2.24) is 0 Å². The molecule has 0 saturated heterocycles. The third kappa shape index (κ3) is 1.93. The average molecular weight is 236 g/mol. The molecule has 0 bridgehead atoms. The largest absolute Gasteiger partial charge is 0.496 e. The zero-order valence-corrected chi connectivity index (χ0v) is 9.95. The van der Waals surface area contributed by atoms with Crippen molar-refractivity contribution in [3.8, 4) is 11.5 Å². The van der Waals surface area contributed by atoms with Crippen LogP contribution in [0.3, 0.4) is 0 Å². The number of carbonyl (C=O) groups is 1. The first-order valence-electron chi connectivity index (χ1n) is 5.46. The fraction of sp³-hybridized carbons (Fsp3) is 0.417. The highest BCUT2D eigenvalue weighted by molar-refractivity contribution is 5.98. The molecule has 0 saturated carbocycles. The van der Waals surface area contributed by atoms with Crippen molar-refractivity contribution in [2.75, 3.05) is 26.1 Å². The Balaban J connectivity index is 2.50. The molecule has 0 aromatic heterocycles. The molecule has 92 valence electrons. The molecule has 17 heavy (non-hydrogen) atoms. The maximum absolute atomic E-state index is 11.8. The lowest BCUT2D eigenvalue weighted by molar-refractivity contribution is -0.119. The number of hydrogen-bond donors (Lipinski definition) is 2. The van der Waals surface area contributed by atoms with Crippen LogP contribution in [0.1, 0.15) is 5.56 Å². The summed E-state index contributed by atoms with van der Waals surface area (Å²) in [6.45, 7) is 0.325. The zero-order chi connectivity index (χ0) is 12.4. The van der Waals surface area contributed by atoms with Crippen molar-refractivity contribution in [3.63, 3.8) is 0 Å². The summed E-state index contributed by atoms with van der Waals surface area (Å²) in [6.07, 6.45) is 0.581. The SMILES string of the molecule is COc1ccc(OC)c2c1CC(CN)C(=O)N2. The van der Waals surface area contributed by atoms with Crippen molar-refractivity contribution >= 4 is 11.6 Å². The van der Waals surface area contributed by atoms with Gasteiger partial charge in [-0.3, -0.25) is 4.79 Å². The van der Waals surface area contributed by atoms with Gasteiger partial charge in [-0.05, 0) is 18.6 Å². The van der Waals surface area contributed by atoms with E-state index in [1.807, 2.05) is 6.07 Å². The number of amides is 1. The van der Waals surface area contributed by atoms with E-state index in [9.17, 15) is 4.79 Å². The number of hydrogen-bond acceptors (Lipinski definition) is 4. The fourth-order valence-corrected chi connectivity index (χ4v) is 2.06. The monoisotopic (exact) mass is 236 g/mol. The van der Waals surface area contributed by atoms with Crippen LogP contribution < -0.4 is 20.5 Å². The van der Waals surface area contributed by atoms with Crippen LogP contribution in [0.15, 0.2) is 12.1 Å². The molecule has 1 unspecified atom stereocenters. The van der Waals surface area contributed by atoms with E-state index in [1.165, 1.54) is 0 Å². The number of carbonyl (C=O) groups excluding carboxylic acids is 1. The van der Waals surface area contributed by atoms with Gasteiger partial charge in [-0.2, -0.15) is 0 Å². The quantitative estimate of drug-likeness (QED) is 0.813. The molecule has 1 atom stereocenters. The van der Waals surface area contributed by atoms with Crippen LogP contribution in [0.25, 0.3) is 0 Å². The van der Waals surface area contributed by atoms with Gasteiger partial charge in [0.1, 0.15) is 11.5 Å². The molecule has 0 spiro atoms. The van der Waals surface area contributed by atoms with Crippen LogP contribution in [0.2, 0.25) is 0 Å². The first kappa shape index (κ1) is 11.7. The van der Waals surface area contributed by atoms with Crippen molar-refractivity contribution < 1.29 is 14.3 Å². The highest BCUT2D eigenvalue weighted by atomic mass is 16.5. The third-order valence-corrected chi connectivity index (χ3v) is 3.03. The number of fused-ring (bicyclic) bond motifs is 1. The number of ether oxygens (including phenoxy) is 2. The summed E-state index contributed by atoms with van der Waals surface area (Å²) in [6, 6.07) is 3.61. The maximum Gasteiger partial charge on any atom is 0.229 e. The Morgan fingerprint density at radius 1 is 1.35 bits per heavy atom. The molecule has 2 rings (SSSR count). The van der Waals surface area contributed by atoms with Gasteiger partial charge in [-0.1, -0.05) is 0 Å². The highest BCUT2D eigenvalue weighted by Crippen LogP contribution is 2.39. The second kappa shape index (κ2) is 4.63. The van der Waals surface area contributed by atoms with Crippen molar-refractivity contribution in [2.24, 2.45) is 11.7 Å². The number of nitrogens with two attached hydrogens (primary N) is 1. The lowest BCUT2D eigenvalue weighted by Crippen LogP contribution is -2.35. The molecule has 5 nitrogen and oxygen atoms in total. The second-order valence-electron chi connectivity index (χ2n) is 3.95. The van der Waals surface area contributed by atoms with E-state index in [2.05, 4.69) is 5.32 Å². The minimum atomic E-state index is -0.205. The van der Waals surface area contributed by atoms with E-state index in [-0.39, 0.29) is 11.8 Å².